The van der Waals surface area contributed by atoms with E-state index in [2.05, 4.69) is 22.1 Å². The first-order valence-electron chi connectivity index (χ1n) is 6.18. The van der Waals surface area contributed by atoms with Crippen molar-refractivity contribution < 1.29 is 13.6 Å². The summed E-state index contributed by atoms with van der Waals surface area (Å²) in [5.41, 5.74) is 5.82. The Kier molecular flexibility index (Phi) is 5.10. The van der Waals surface area contributed by atoms with Crippen LogP contribution in [0.25, 0.3) is 0 Å². The van der Waals surface area contributed by atoms with Crippen molar-refractivity contribution in [2.24, 2.45) is 0 Å². The smallest absolute Gasteiger partial charge is 0.234 e. The van der Waals surface area contributed by atoms with E-state index in [1.54, 1.807) is 10.6 Å². The number of rotatable bonds is 6. The molecule has 1 aromatic heterocycles. The van der Waals surface area contributed by atoms with Crippen LogP contribution in [-0.2, 0) is 11.3 Å². The molecule has 6 nitrogen and oxygen atoms in total. The lowest BCUT2D eigenvalue weighted by Gasteiger charge is -2.06. The van der Waals surface area contributed by atoms with Crippen molar-refractivity contribution >= 4 is 29.3 Å². The van der Waals surface area contributed by atoms with Gasteiger partial charge >= 0.3 is 0 Å². The quantitative estimate of drug-likeness (QED) is 0.627. The molecule has 0 spiro atoms. The zero-order valence-corrected chi connectivity index (χ0v) is 12.2. The highest BCUT2D eigenvalue weighted by Gasteiger charge is 2.12. The van der Waals surface area contributed by atoms with E-state index in [0.717, 1.165) is 23.9 Å². The van der Waals surface area contributed by atoms with Crippen LogP contribution in [0.1, 0.15) is 0 Å². The third-order valence-electron chi connectivity index (χ3n) is 2.59. The van der Waals surface area contributed by atoms with E-state index < -0.39 is 11.6 Å². The third-order valence-corrected chi connectivity index (χ3v) is 3.56. The van der Waals surface area contributed by atoms with Gasteiger partial charge in [-0.3, -0.25) is 9.36 Å². The molecular weight excluding hydrogens is 312 g/mol. The Morgan fingerprint density at radius 1 is 1.41 bits per heavy atom. The number of hydrogen-bond donors (Lipinski definition) is 2. The summed E-state index contributed by atoms with van der Waals surface area (Å²) >= 11 is 1.12. The van der Waals surface area contributed by atoms with Gasteiger partial charge in [0.25, 0.3) is 0 Å². The summed E-state index contributed by atoms with van der Waals surface area (Å²) in [4.78, 5) is 11.8. The molecule has 0 fully saturated rings. The molecule has 0 aliphatic rings. The van der Waals surface area contributed by atoms with Crippen molar-refractivity contribution in [2.45, 2.75) is 11.7 Å². The Morgan fingerprint density at radius 2 is 2.18 bits per heavy atom. The Bertz CT molecular complexity index is 704. The molecule has 22 heavy (non-hydrogen) atoms. The number of nitrogen functional groups attached to an aromatic ring is 1. The summed E-state index contributed by atoms with van der Waals surface area (Å²) in [7, 11) is 0. The van der Waals surface area contributed by atoms with E-state index >= 15 is 0 Å². The van der Waals surface area contributed by atoms with E-state index in [1.807, 2.05) is 0 Å². The van der Waals surface area contributed by atoms with Gasteiger partial charge in [0, 0.05) is 18.3 Å². The minimum atomic E-state index is -1.02. The summed E-state index contributed by atoms with van der Waals surface area (Å²) < 4.78 is 27.4. The van der Waals surface area contributed by atoms with Crippen LogP contribution in [0.2, 0.25) is 0 Å². The van der Waals surface area contributed by atoms with Crippen LogP contribution >= 0.6 is 11.8 Å². The largest absolute Gasteiger partial charge is 0.368 e. The molecule has 0 bridgehead atoms. The first-order valence-corrected chi connectivity index (χ1v) is 7.17. The molecule has 0 radical (unpaired) electrons. The van der Waals surface area contributed by atoms with Crippen LogP contribution in [0.15, 0.2) is 36.0 Å². The molecule has 9 heteroatoms. The summed E-state index contributed by atoms with van der Waals surface area (Å²) in [6.07, 6.45) is 1.63. The molecule has 1 amide bonds. The van der Waals surface area contributed by atoms with Crippen LogP contribution in [0, 0.1) is 11.6 Å². The lowest BCUT2D eigenvalue weighted by molar-refractivity contribution is -0.113. The van der Waals surface area contributed by atoms with E-state index in [4.69, 9.17) is 5.73 Å². The fraction of sp³-hybridized carbons (Fsp3) is 0.154. The van der Waals surface area contributed by atoms with E-state index in [-0.39, 0.29) is 23.3 Å². The molecule has 116 valence electrons. The number of nitrogens with one attached hydrogen (secondary N) is 1. The fourth-order valence-corrected chi connectivity index (χ4v) is 2.36. The number of aromatic nitrogens is 3. The fourth-order valence-electron chi connectivity index (χ4n) is 1.61. The zero-order chi connectivity index (χ0) is 16.1. The molecule has 0 aliphatic heterocycles. The van der Waals surface area contributed by atoms with E-state index in [9.17, 15) is 13.6 Å². The second-order valence-electron chi connectivity index (χ2n) is 4.21. The number of allylic oxidation sites excluding steroid dienone is 1. The van der Waals surface area contributed by atoms with Crippen molar-refractivity contribution in [3.63, 3.8) is 0 Å². The maximum Gasteiger partial charge on any atom is 0.234 e. The first kappa shape index (κ1) is 16.0. The number of benzene rings is 1. The monoisotopic (exact) mass is 325 g/mol. The van der Waals surface area contributed by atoms with Crippen LogP contribution in [-0.4, -0.2) is 26.4 Å². The average molecular weight is 325 g/mol. The van der Waals surface area contributed by atoms with Gasteiger partial charge in [-0.2, -0.15) is 0 Å². The topological polar surface area (TPSA) is 85.8 Å². The molecule has 0 saturated heterocycles. The normalized spacial score (nSPS) is 10.5. The molecule has 0 atom stereocenters. The number of nitrogens with two attached hydrogens (primary N) is 1. The molecule has 0 unspecified atom stereocenters. The summed E-state index contributed by atoms with van der Waals surface area (Å²) in [6, 6.07) is 3.13. The van der Waals surface area contributed by atoms with Gasteiger partial charge in [-0.1, -0.05) is 17.8 Å². The van der Waals surface area contributed by atoms with Gasteiger partial charge in [0.15, 0.2) is 16.8 Å². The van der Waals surface area contributed by atoms with Crippen molar-refractivity contribution in [1.82, 2.24) is 14.8 Å². The second-order valence-corrected chi connectivity index (χ2v) is 5.15. The zero-order valence-electron chi connectivity index (χ0n) is 11.4. The molecule has 2 rings (SSSR count). The minimum absolute atomic E-state index is 0.0221. The molecular formula is C13H13F2N5OS. The minimum Gasteiger partial charge on any atom is -0.368 e. The molecule has 1 heterocycles. The lowest BCUT2D eigenvalue weighted by Crippen LogP contribution is -2.15. The number of carbonyl (C=O) groups is 1. The number of anilines is 2. The number of hydrogen-bond acceptors (Lipinski definition) is 5. The Balaban J connectivity index is 1.95. The number of amides is 1. The molecule has 1 aromatic carbocycles. The highest BCUT2D eigenvalue weighted by Crippen LogP contribution is 2.19. The van der Waals surface area contributed by atoms with E-state index in [0.29, 0.717) is 11.7 Å². The molecule has 3 N–H and O–H groups in total. The highest BCUT2D eigenvalue weighted by atomic mass is 32.2. The summed E-state index contributed by atoms with van der Waals surface area (Å²) in [6.45, 7) is 4.02. The molecule has 0 saturated carbocycles. The van der Waals surface area contributed by atoms with Gasteiger partial charge in [-0.25, -0.2) is 8.78 Å². The van der Waals surface area contributed by atoms with Crippen LogP contribution in [0.4, 0.5) is 20.4 Å². The lowest BCUT2D eigenvalue weighted by atomic mass is 10.3. The Hall–Kier alpha value is -2.42. The predicted molar refractivity (Wildman–Crippen MR) is 80.3 cm³/mol. The van der Waals surface area contributed by atoms with Crippen molar-refractivity contribution in [3.05, 3.63) is 42.5 Å². The van der Waals surface area contributed by atoms with Gasteiger partial charge in [-0.15, -0.1) is 16.8 Å². The SMILES string of the molecule is C=CCn1c(N)nnc1SCC(=O)Nc1ccc(F)c(F)c1. The van der Waals surface area contributed by atoms with Crippen molar-refractivity contribution in [1.29, 1.82) is 0 Å². The van der Waals surface area contributed by atoms with Gasteiger partial charge < -0.3 is 11.1 Å². The van der Waals surface area contributed by atoms with Crippen LogP contribution < -0.4 is 11.1 Å². The number of thioether (sulfide) groups is 1. The molecule has 0 aliphatic carbocycles. The maximum atomic E-state index is 13.0. The van der Waals surface area contributed by atoms with Gasteiger partial charge in [0.2, 0.25) is 11.9 Å². The number of halogens is 2. The third kappa shape index (κ3) is 3.82. The first-order chi connectivity index (χ1) is 10.5. The van der Waals surface area contributed by atoms with Gasteiger partial charge in [-0.05, 0) is 12.1 Å². The van der Waals surface area contributed by atoms with Crippen LogP contribution in [0.3, 0.4) is 0 Å². The Morgan fingerprint density at radius 3 is 2.86 bits per heavy atom. The average Bonchev–Trinajstić information content (AvgIpc) is 2.82. The summed E-state index contributed by atoms with van der Waals surface area (Å²) in [5.74, 6) is -2.13. The van der Waals surface area contributed by atoms with Crippen LogP contribution in [0.5, 0.6) is 0 Å². The predicted octanol–water partition coefficient (Wildman–Crippen LogP) is 2.06. The highest BCUT2D eigenvalue weighted by molar-refractivity contribution is 7.99. The maximum absolute atomic E-state index is 13.0. The summed E-state index contributed by atoms with van der Waals surface area (Å²) in [5, 5.41) is 10.5. The number of nitrogens with zero attached hydrogens (tertiary/aromatic N) is 3. The van der Waals surface area contributed by atoms with Crippen molar-refractivity contribution in [3.8, 4) is 0 Å². The van der Waals surface area contributed by atoms with Gasteiger partial charge in [0.1, 0.15) is 0 Å². The second kappa shape index (κ2) is 7.03. The Labute approximate surface area is 129 Å². The van der Waals surface area contributed by atoms with Crippen molar-refractivity contribution in [2.75, 3.05) is 16.8 Å². The standard InChI is InChI=1S/C13H13F2N5OS/c1-2-5-20-12(16)18-19-13(20)22-7-11(21)17-8-3-4-9(14)10(15)6-8/h2-4,6H,1,5,7H2,(H2,16,18)(H,17,21). The van der Waals surface area contributed by atoms with Gasteiger partial charge in [0.05, 0.1) is 5.75 Å². The number of carbonyl (C=O) groups excluding carboxylic acids is 1. The van der Waals surface area contributed by atoms with E-state index in [1.165, 1.54) is 6.07 Å². The molecule has 2 aromatic rings.